The molecule has 3 nitrogen and oxygen atoms in total. The molecule has 1 rings (SSSR count). The summed E-state index contributed by atoms with van der Waals surface area (Å²) in [6.45, 7) is 8.07. The number of likely N-dealkylation sites (N-methyl/N-ethyl adjacent to an activating group) is 1. The van der Waals surface area contributed by atoms with E-state index < -0.39 is 0 Å². The molecule has 0 saturated heterocycles. The average Bonchev–Trinajstić information content (AvgIpc) is 2.97. The largest absolute Gasteiger partial charge is 0.380 e. The molecule has 0 amide bonds. The van der Waals surface area contributed by atoms with Crippen molar-refractivity contribution in [1.82, 2.24) is 10.2 Å². The van der Waals surface area contributed by atoms with E-state index in [0.29, 0.717) is 6.04 Å². The van der Waals surface area contributed by atoms with Gasteiger partial charge in [0.15, 0.2) is 0 Å². The van der Waals surface area contributed by atoms with Gasteiger partial charge in [-0.1, -0.05) is 0 Å². The first-order valence-electron chi connectivity index (χ1n) is 5.75. The zero-order valence-electron chi connectivity index (χ0n) is 9.75. The van der Waals surface area contributed by atoms with Crippen molar-refractivity contribution in [3.05, 3.63) is 0 Å². The number of ether oxygens (including phenoxy) is 1. The van der Waals surface area contributed by atoms with E-state index in [4.69, 9.17) is 4.74 Å². The van der Waals surface area contributed by atoms with Crippen LogP contribution < -0.4 is 5.32 Å². The minimum Gasteiger partial charge on any atom is -0.380 e. The third kappa shape index (κ3) is 4.94. The zero-order valence-corrected chi connectivity index (χ0v) is 9.75. The van der Waals surface area contributed by atoms with Gasteiger partial charge in [0, 0.05) is 31.8 Å². The maximum atomic E-state index is 5.34. The Hall–Kier alpha value is -0.120. The molecule has 1 aliphatic rings. The second kappa shape index (κ2) is 6.38. The molecule has 3 heteroatoms. The van der Waals surface area contributed by atoms with E-state index in [0.717, 1.165) is 32.3 Å². The molecule has 0 aromatic heterocycles. The first-order chi connectivity index (χ1) is 6.74. The summed E-state index contributed by atoms with van der Waals surface area (Å²) < 4.78 is 5.34. The van der Waals surface area contributed by atoms with E-state index in [1.54, 1.807) is 0 Å². The van der Waals surface area contributed by atoms with Gasteiger partial charge in [-0.2, -0.15) is 0 Å². The molecule has 1 saturated carbocycles. The number of hydrogen-bond donors (Lipinski definition) is 1. The van der Waals surface area contributed by atoms with Gasteiger partial charge in [-0.15, -0.1) is 0 Å². The number of nitrogens with zero attached hydrogens (tertiary/aromatic N) is 1. The summed E-state index contributed by atoms with van der Waals surface area (Å²) >= 11 is 0. The SMILES string of the molecule is CCOCC(C)NCCN(C)C1CC1. The fourth-order valence-corrected chi connectivity index (χ4v) is 1.54. The van der Waals surface area contributed by atoms with Gasteiger partial charge in [-0.3, -0.25) is 0 Å². The van der Waals surface area contributed by atoms with Gasteiger partial charge in [-0.25, -0.2) is 0 Å². The van der Waals surface area contributed by atoms with Crippen LogP contribution in [0.5, 0.6) is 0 Å². The smallest absolute Gasteiger partial charge is 0.0616 e. The van der Waals surface area contributed by atoms with Crippen molar-refractivity contribution in [3.8, 4) is 0 Å². The molecule has 14 heavy (non-hydrogen) atoms. The molecular formula is C11H24N2O. The lowest BCUT2D eigenvalue weighted by Crippen LogP contribution is -2.37. The third-order valence-electron chi connectivity index (χ3n) is 2.70. The van der Waals surface area contributed by atoms with Crippen molar-refractivity contribution in [2.75, 3.05) is 33.4 Å². The molecule has 0 aromatic rings. The average molecular weight is 200 g/mol. The molecule has 1 fully saturated rings. The van der Waals surface area contributed by atoms with Crippen molar-refractivity contribution in [3.63, 3.8) is 0 Å². The standard InChI is InChI=1S/C11H24N2O/c1-4-14-9-10(2)12-7-8-13(3)11-5-6-11/h10-12H,4-9H2,1-3H3. The molecule has 1 unspecified atom stereocenters. The summed E-state index contributed by atoms with van der Waals surface area (Å²) in [5, 5.41) is 3.46. The molecule has 0 aliphatic heterocycles. The maximum Gasteiger partial charge on any atom is 0.0616 e. The van der Waals surface area contributed by atoms with Crippen molar-refractivity contribution in [2.24, 2.45) is 0 Å². The van der Waals surface area contributed by atoms with Crippen LogP contribution in [0.15, 0.2) is 0 Å². The highest BCUT2D eigenvalue weighted by Gasteiger charge is 2.25. The van der Waals surface area contributed by atoms with E-state index >= 15 is 0 Å². The van der Waals surface area contributed by atoms with E-state index in [2.05, 4.69) is 24.2 Å². The monoisotopic (exact) mass is 200 g/mol. The van der Waals surface area contributed by atoms with E-state index in [1.165, 1.54) is 12.8 Å². The Labute approximate surface area is 87.8 Å². The van der Waals surface area contributed by atoms with Crippen LogP contribution in [0.2, 0.25) is 0 Å². The topological polar surface area (TPSA) is 24.5 Å². The van der Waals surface area contributed by atoms with E-state index in [-0.39, 0.29) is 0 Å². The van der Waals surface area contributed by atoms with Crippen molar-refractivity contribution in [1.29, 1.82) is 0 Å². The molecule has 0 spiro atoms. The highest BCUT2D eigenvalue weighted by molar-refractivity contribution is 4.82. The highest BCUT2D eigenvalue weighted by Crippen LogP contribution is 2.24. The Morgan fingerprint density at radius 1 is 1.50 bits per heavy atom. The van der Waals surface area contributed by atoms with E-state index in [9.17, 15) is 0 Å². The Bertz CT molecular complexity index is 148. The van der Waals surface area contributed by atoms with Crippen LogP contribution in [0, 0.1) is 0 Å². The van der Waals surface area contributed by atoms with Gasteiger partial charge in [0.25, 0.3) is 0 Å². The lowest BCUT2D eigenvalue weighted by atomic mass is 10.3. The summed E-state index contributed by atoms with van der Waals surface area (Å²) in [5.41, 5.74) is 0. The maximum absolute atomic E-state index is 5.34. The molecule has 0 bridgehead atoms. The van der Waals surface area contributed by atoms with Crippen molar-refractivity contribution in [2.45, 2.75) is 38.8 Å². The fourth-order valence-electron chi connectivity index (χ4n) is 1.54. The molecule has 1 aliphatic carbocycles. The Balaban J connectivity index is 1.91. The van der Waals surface area contributed by atoms with Crippen molar-refractivity contribution >= 4 is 0 Å². The first-order valence-corrected chi connectivity index (χ1v) is 5.75. The van der Waals surface area contributed by atoms with Gasteiger partial charge < -0.3 is 15.0 Å². The van der Waals surface area contributed by atoms with Gasteiger partial charge in [-0.05, 0) is 33.7 Å². The third-order valence-corrected chi connectivity index (χ3v) is 2.70. The first kappa shape index (κ1) is 12.0. The predicted octanol–water partition coefficient (Wildman–Crippen LogP) is 1.10. The summed E-state index contributed by atoms with van der Waals surface area (Å²) in [5.74, 6) is 0. The summed E-state index contributed by atoms with van der Waals surface area (Å²) in [4.78, 5) is 2.44. The number of hydrogen-bond acceptors (Lipinski definition) is 3. The van der Waals surface area contributed by atoms with Crippen LogP contribution >= 0.6 is 0 Å². The van der Waals surface area contributed by atoms with E-state index in [1.807, 2.05) is 6.92 Å². The lowest BCUT2D eigenvalue weighted by Gasteiger charge is -2.18. The Morgan fingerprint density at radius 2 is 2.21 bits per heavy atom. The Kier molecular flexibility index (Phi) is 5.45. The van der Waals surface area contributed by atoms with Crippen LogP contribution in [0.4, 0.5) is 0 Å². The van der Waals surface area contributed by atoms with Crippen LogP contribution in [0.1, 0.15) is 26.7 Å². The molecule has 84 valence electrons. The van der Waals surface area contributed by atoms with Crippen LogP contribution in [-0.4, -0.2) is 50.3 Å². The summed E-state index contributed by atoms with van der Waals surface area (Å²) in [7, 11) is 2.21. The lowest BCUT2D eigenvalue weighted by molar-refractivity contribution is 0.126. The fraction of sp³-hybridized carbons (Fsp3) is 1.00. The molecule has 0 heterocycles. The molecule has 0 radical (unpaired) electrons. The molecule has 0 aromatic carbocycles. The van der Waals surface area contributed by atoms with Crippen LogP contribution in [0.25, 0.3) is 0 Å². The van der Waals surface area contributed by atoms with Crippen LogP contribution in [-0.2, 0) is 4.74 Å². The zero-order chi connectivity index (χ0) is 10.4. The van der Waals surface area contributed by atoms with Gasteiger partial charge >= 0.3 is 0 Å². The summed E-state index contributed by atoms with van der Waals surface area (Å²) in [6.07, 6.45) is 2.79. The minimum absolute atomic E-state index is 0.475. The quantitative estimate of drug-likeness (QED) is 0.635. The second-order valence-corrected chi connectivity index (χ2v) is 4.23. The minimum atomic E-state index is 0.475. The predicted molar refractivity (Wildman–Crippen MR) is 59.6 cm³/mol. The molecule has 1 N–H and O–H groups in total. The highest BCUT2D eigenvalue weighted by atomic mass is 16.5. The normalized spacial score (nSPS) is 18.9. The second-order valence-electron chi connectivity index (χ2n) is 4.23. The Morgan fingerprint density at radius 3 is 2.79 bits per heavy atom. The van der Waals surface area contributed by atoms with Gasteiger partial charge in [0.1, 0.15) is 0 Å². The van der Waals surface area contributed by atoms with Gasteiger partial charge in [0.05, 0.1) is 6.61 Å². The van der Waals surface area contributed by atoms with Crippen molar-refractivity contribution < 1.29 is 4.74 Å². The molecule has 1 atom stereocenters. The molecular weight excluding hydrogens is 176 g/mol. The summed E-state index contributed by atoms with van der Waals surface area (Å²) in [6, 6.07) is 1.35. The number of nitrogens with one attached hydrogen (secondary N) is 1. The number of rotatable bonds is 8. The van der Waals surface area contributed by atoms with Gasteiger partial charge in [0.2, 0.25) is 0 Å². The van der Waals surface area contributed by atoms with Crippen LogP contribution in [0.3, 0.4) is 0 Å².